The Balaban J connectivity index is 2.08. The fourth-order valence-corrected chi connectivity index (χ4v) is 2.95. The predicted molar refractivity (Wildman–Crippen MR) is 86.7 cm³/mol. The average Bonchev–Trinajstić information content (AvgIpc) is 2.96. The molecule has 0 spiro atoms. The van der Waals surface area contributed by atoms with Crippen molar-refractivity contribution in [3.63, 3.8) is 0 Å². The molecule has 0 aromatic heterocycles. The van der Waals surface area contributed by atoms with Crippen molar-refractivity contribution in [2.24, 2.45) is 0 Å². The largest absolute Gasteiger partial charge is 0.478 e. The lowest BCUT2D eigenvalue weighted by Crippen LogP contribution is -2.43. The zero-order chi connectivity index (χ0) is 17.0. The van der Waals surface area contributed by atoms with Crippen LogP contribution in [-0.2, 0) is 9.59 Å². The number of anilines is 1. The minimum atomic E-state index is -1.12. The zero-order valence-corrected chi connectivity index (χ0v) is 13.6. The van der Waals surface area contributed by atoms with Gasteiger partial charge in [0.25, 0.3) is 0 Å². The Labute approximate surface area is 139 Å². The van der Waals surface area contributed by atoms with Gasteiger partial charge in [-0.2, -0.15) is 0 Å². The van der Waals surface area contributed by atoms with Crippen LogP contribution in [0.25, 0.3) is 0 Å². The van der Waals surface area contributed by atoms with Crippen LogP contribution in [0, 0.1) is 0 Å². The summed E-state index contributed by atoms with van der Waals surface area (Å²) in [7, 11) is 0. The maximum atomic E-state index is 12.4. The first-order chi connectivity index (χ1) is 10.9. The van der Waals surface area contributed by atoms with Gasteiger partial charge in [0, 0.05) is 18.7 Å². The Bertz CT molecular complexity index is 633. The van der Waals surface area contributed by atoms with E-state index in [1.807, 2.05) is 6.92 Å². The van der Waals surface area contributed by atoms with Gasteiger partial charge < -0.3 is 15.3 Å². The molecule has 1 heterocycles. The van der Waals surface area contributed by atoms with Crippen molar-refractivity contribution in [1.29, 1.82) is 0 Å². The van der Waals surface area contributed by atoms with Gasteiger partial charge in [-0.25, -0.2) is 4.79 Å². The monoisotopic (exact) mass is 338 g/mol. The Hall–Kier alpha value is -2.08. The zero-order valence-electron chi connectivity index (χ0n) is 12.8. The Morgan fingerprint density at radius 2 is 2.13 bits per heavy atom. The highest BCUT2D eigenvalue weighted by Crippen LogP contribution is 2.24. The summed E-state index contributed by atoms with van der Waals surface area (Å²) < 4.78 is 0. The number of carboxylic acids is 1. The van der Waals surface area contributed by atoms with Gasteiger partial charge in [-0.3, -0.25) is 9.59 Å². The van der Waals surface area contributed by atoms with Crippen LogP contribution in [-0.4, -0.2) is 40.4 Å². The number of rotatable bonds is 5. The van der Waals surface area contributed by atoms with Crippen molar-refractivity contribution in [3.8, 4) is 0 Å². The topological polar surface area (TPSA) is 86.7 Å². The van der Waals surface area contributed by atoms with E-state index in [2.05, 4.69) is 5.32 Å². The van der Waals surface area contributed by atoms with E-state index in [0.29, 0.717) is 25.1 Å². The van der Waals surface area contributed by atoms with Crippen LogP contribution in [0.3, 0.4) is 0 Å². The number of hydrogen-bond donors (Lipinski definition) is 2. The smallest absolute Gasteiger partial charge is 0.337 e. The summed E-state index contributed by atoms with van der Waals surface area (Å²) in [4.78, 5) is 37.0. The normalized spacial score (nSPS) is 17.1. The maximum Gasteiger partial charge on any atom is 0.337 e. The summed E-state index contributed by atoms with van der Waals surface area (Å²) in [5.41, 5.74) is 0.394. The van der Waals surface area contributed by atoms with Crippen LogP contribution in [0.2, 0.25) is 5.02 Å². The molecule has 1 aliphatic heterocycles. The molecule has 2 amide bonds. The molecule has 1 atom stereocenters. The first-order valence-electron chi connectivity index (χ1n) is 7.57. The minimum absolute atomic E-state index is 0.00981. The number of carbonyl (C=O) groups is 3. The molecule has 0 aliphatic carbocycles. The number of hydrogen-bond acceptors (Lipinski definition) is 3. The maximum absolute atomic E-state index is 12.4. The van der Waals surface area contributed by atoms with Gasteiger partial charge in [0.05, 0.1) is 10.6 Å². The van der Waals surface area contributed by atoms with Crippen molar-refractivity contribution in [3.05, 3.63) is 28.8 Å². The molecule has 23 heavy (non-hydrogen) atoms. The number of halogens is 1. The Kier molecular flexibility index (Phi) is 5.60. The highest BCUT2D eigenvalue weighted by atomic mass is 35.5. The number of benzene rings is 1. The lowest BCUT2D eigenvalue weighted by Gasteiger charge is -2.24. The number of nitrogens with one attached hydrogen (secondary N) is 1. The number of aromatic carboxylic acids is 1. The average molecular weight is 339 g/mol. The van der Waals surface area contributed by atoms with Crippen LogP contribution in [0.1, 0.15) is 43.0 Å². The van der Waals surface area contributed by atoms with E-state index in [1.165, 1.54) is 18.2 Å². The number of nitrogens with zero attached hydrogens (tertiary/aromatic N) is 1. The fraction of sp³-hybridized carbons (Fsp3) is 0.438. The minimum Gasteiger partial charge on any atom is -0.478 e. The van der Waals surface area contributed by atoms with Crippen molar-refractivity contribution in [1.82, 2.24) is 4.90 Å². The molecule has 124 valence electrons. The molecule has 2 N–H and O–H groups in total. The van der Waals surface area contributed by atoms with E-state index in [-0.39, 0.29) is 22.4 Å². The highest BCUT2D eigenvalue weighted by Gasteiger charge is 2.33. The molecular formula is C16H19ClN2O4. The summed E-state index contributed by atoms with van der Waals surface area (Å²) in [6.07, 6.45) is 2.60. The van der Waals surface area contributed by atoms with Crippen LogP contribution in [0.4, 0.5) is 5.69 Å². The quantitative estimate of drug-likeness (QED) is 0.864. The molecule has 1 fully saturated rings. The fourth-order valence-electron chi connectivity index (χ4n) is 2.69. The van der Waals surface area contributed by atoms with Crippen LogP contribution >= 0.6 is 11.6 Å². The lowest BCUT2D eigenvalue weighted by atomic mass is 10.1. The van der Waals surface area contributed by atoms with Crippen molar-refractivity contribution >= 4 is 35.1 Å². The Morgan fingerprint density at radius 1 is 1.39 bits per heavy atom. The van der Waals surface area contributed by atoms with Gasteiger partial charge in [0.2, 0.25) is 11.8 Å². The molecule has 6 nitrogen and oxygen atoms in total. The molecule has 0 bridgehead atoms. The number of carboxylic acid groups (broad SMARTS) is 1. The highest BCUT2D eigenvalue weighted by molar-refractivity contribution is 6.33. The van der Waals surface area contributed by atoms with E-state index in [4.69, 9.17) is 16.7 Å². The van der Waals surface area contributed by atoms with Gasteiger partial charge >= 0.3 is 5.97 Å². The first-order valence-corrected chi connectivity index (χ1v) is 7.95. The molecule has 1 aromatic rings. The van der Waals surface area contributed by atoms with Crippen molar-refractivity contribution in [2.75, 3.05) is 11.9 Å². The van der Waals surface area contributed by atoms with Gasteiger partial charge in [0.15, 0.2) is 0 Å². The van der Waals surface area contributed by atoms with Gasteiger partial charge in [-0.05, 0) is 37.5 Å². The standard InChI is InChI=1S/C16H19ClN2O4/c1-2-4-14(20)19-8-3-5-13(19)15(21)18-10-6-7-11(16(22)23)12(17)9-10/h6-7,9,13H,2-5,8H2,1H3,(H,18,21)(H,22,23). The number of likely N-dealkylation sites (tertiary alicyclic amines) is 1. The lowest BCUT2D eigenvalue weighted by molar-refractivity contribution is -0.136. The van der Waals surface area contributed by atoms with Crippen LogP contribution in [0.15, 0.2) is 18.2 Å². The molecule has 1 aromatic carbocycles. The second-order valence-electron chi connectivity index (χ2n) is 5.48. The van der Waals surface area contributed by atoms with Crippen molar-refractivity contribution in [2.45, 2.75) is 38.6 Å². The summed E-state index contributed by atoms with van der Waals surface area (Å²) in [6, 6.07) is 3.75. The second kappa shape index (κ2) is 7.46. The van der Waals surface area contributed by atoms with E-state index >= 15 is 0 Å². The molecule has 1 aliphatic rings. The molecular weight excluding hydrogens is 320 g/mol. The molecule has 1 saturated heterocycles. The second-order valence-corrected chi connectivity index (χ2v) is 5.89. The van der Waals surface area contributed by atoms with Crippen molar-refractivity contribution < 1.29 is 19.5 Å². The molecule has 1 unspecified atom stereocenters. The summed E-state index contributed by atoms with van der Waals surface area (Å²) >= 11 is 5.89. The summed E-state index contributed by atoms with van der Waals surface area (Å²) in [5.74, 6) is -1.41. The predicted octanol–water partition coefficient (Wildman–Crippen LogP) is 2.77. The van der Waals surface area contributed by atoms with Gasteiger partial charge in [-0.1, -0.05) is 18.5 Å². The summed E-state index contributed by atoms with van der Waals surface area (Å²) in [5, 5.41) is 11.7. The van der Waals surface area contributed by atoms with Crippen LogP contribution in [0.5, 0.6) is 0 Å². The van der Waals surface area contributed by atoms with E-state index in [0.717, 1.165) is 12.8 Å². The third kappa shape index (κ3) is 4.01. The van der Waals surface area contributed by atoms with E-state index < -0.39 is 12.0 Å². The molecule has 0 radical (unpaired) electrons. The Morgan fingerprint density at radius 3 is 2.74 bits per heavy atom. The van der Waals surface area contributed by atoms with Crippen LogP contribution < -0.4 is 5.32 Å². The SMILES string of the molecule is CCCC(=O)N1CCCC1C(=O)Nc1ccc(C(=O)O)c(Cl)c1. The molecule has 7 heteroatoms. The van der Waals surface area contributed by atoms with Gasteiger partial charge in [0.1, 0.15) is 6.04 Å². The first kappa shape index (κ1) is 17.3. The third-order valence-corrected chi connectivity index (χ3v) is 4.12. The van der Waals surface area contributed by atoms with E-state index in [1.54, 1.807) is 4.90 Å². The third-order valence-electron chi connectivity index (χ3n) is 3.81. The van der Waals surface area contributed by atoms with Gasteiger partial charge in [-0.15, -0.1) is 0 Å². The molecule has 2 rings (SSSR count). The number of amides is 2. The molecule has 0 saturated carbocycles. The van der Waals surface area contributed by atoms with E-state index in [9.17, 15) is 14.4 Å². The number of carbonyl (C=O) groups excluding carboxylic acids is 2. The summed E-state index contributed by atoms with van der Waals surface area (Å²) in [6.45, 7) is 2.52.